The third-order valence-corrected chi connectivity index (χ3v) is 4.65. The molecule has 3 heterocycles. The summed E-state index contributed by atoms with van der Waals surface area (Å²) in [6.45, 7) is 1.04. The van der Waals surface area contributed by atoms with Gasteiger partial charge >= 0.3 is 12.1 Å². The second-order valence-electron chi connectivity index (χ2n) is 5.15. The van der Waals surface area contributed by atoms with Crippen LogP contribution in [0.3, 0.4) is 0 Å². The SMILES string of the molecule is O=C(O)c1coc(N2CCC(c3nc(C(F)(F)F)cs3)CC2)n1. The Morgan fingerprint density at radius 3 is 2.57 bits per heavy atom. The molecule has 124 valence electrons. The Morgan fingerprint density at radius 1 is 1.35 bits per heavy atom. The number of nitrogens with zero attached hydrogens (tertiary/aromatic N) is 3. The van der Waals surface area contributed by atoms with Crippen LogP contribution in [0.2, 0.25) is 0 Å². The summed E-state index contributed by atoms with van der Waals surface area (Å²) in [5.74, 6) is -1.21. The molecule has 0 radical (unpaired) electrons. The lowest BCUT2D eigenvalue weighted by molar-refractivity contribution is -0.140. The Kier molecular flexibility index (Phi) is 4.00. The van der Waals surface area contributed by atoms with Gasteiger partial charge in [0.25, 0.3) is 6.01 Å². The van der Waals surface area contributed by atoms with Gasteiger partial charge in [-0.25, -0.2) is 9.78 Å². The Balaban J connectivity index is 1.64. The van der Waals surface area contributed by atoms with Crippen LogP contribution in [0, 0.1) is 0 Å². The number of oxazole rings is 1. The van der Waals surface area contributed by atoms with Gasteiger partial charge in [-0.05, 0) is 12.8 Å². The largest absolute Gasteiger partial charge is 0.476 e. The number of hydrogen-bond donors (Lipinski definition) is 1. The Labute approximate surface area is 132 Å². The van der Waals surface area contributed by atoms with Crippen molar-refractivity contribution >= 4 is 23.3 Å². The molecule has 1 N–H and O–H groups in total. The lowest BCUT2D eigenvalue weighted by Gasteiger charge is -2.29. The Hall–Kier alpha value is -2.10. The van der Waals surface area contributed by atoms with Crippen LogP contribution in [0.15, 0.2) is 16.1 Å². The normalized spacial score (nSPS) is 16.7. The van der Waals surface area contributed by atoms with Crippen LogP contribution in [0.5, 0.6) is 0 Å². The zero-order valence-electron chi connectivity index (χ0n) is 11.7. The number of carboxylic acid groups (broad SMARTS) is 1. The molecule has 3 rings (SSSR count). The molecule has 0 saturated carbocycles. The molecule has 0 spiro atoms. The van der Waals surface area contributed by atoms with Crippen molar-refractivity contribution in [3.05, 3.63) is 28.0 Å². The van der Waals surface area contributed by atoms with Gasteiger partial charge in [-0.1, -0.05) is 0 Å². The van der Waals surface area contributed by atoms with Crippen LogP contribution < -0.4 is 4.90 Å². The first-order chi connectivity index (χ1) is 10.8. The summed E-state index contributed by atoms with van der Waals surface area (Å²) in [4.78, 5) is 20.1. The second kappa shape index (κ2) is 5.84. The number of carboxylic acids is 1. The monoisotopic (exact) mass is 347 g/mol. The highest BCUT2D eigenvalue weighted by molar-refractivity contribution is 7.09. The molecule has 1 aliphatic heterocycles. The van der Waals surface area contributed by atoms with E-state index in [-0.39, 0.29) is 17.6 Å². The van der Waals surface area contributed by atoms with Crippen molar-refractivity contribution in [2.24, 2.45) is 0 Å². The summed E-state index contributed by atoms with van der Waals surface area (Å²) in [5, 5.41) is 10.3. The second-order valence-corrected chi connectivity index (χ2v) is 6.04. The molecule has 0 aromatic carbocycles. The van der Waals surface area contributed by atoms with E-state index < -0.39 is 17.8 Å². The number of halogens is 3. The Bertz CT molecular complexity index is 705. The maximum atomic E-state index is 12.6. The van der Waals surface area contributed by atoms with Gasteiger partial charge in [-0.3, -0.25) is 0 Å². The number of thiazole rings is 1. The third kappa shape index (κ3) is 3.31. The summed E-state index contributed by atoms with van der Waals surface area (Å²) in [7, 11) is 0. The summed E-state index contributed by atoms with van der Waals surface area (Å²) in [6, 6.07) is 0.218. The van der Waals surface area contributed by atoms with Crippen molar-refractivity contribution < 1.29 is 27.5 Å². The average Bonchev–Trinajstić information content (AvgIpc) is 3.16. The van der Waals surface area contributed by atoms with E-state index >= 15 is 0 Å². The lowest BCUT2D eigenvalue weighted by atomic mass is 9.98. The van der Waals surface area contributed by atoms with Crippen molar-refractivity contribution in [3.63, 3.8) is 0 Å². The number of aromatic carboxylic acids is 1. The van der Waals surface area contributed by atoms with Gasteiger partial charge in [0.1, 0.15) is 6.26 Å². The number of rotatable bonds is 3. The van der Waals surface area contributed by atoms with Gasteiger partial charge in [0.15, 0.2) is 11.4 Å². The molecule has 0 atom stereocenters. The fraction of sp³-hybridized carbons (Fsp3) is 0.462. The van der Waals surface area contributed by atoms with E-state index in [2.05, 4.69) is 9.97 Å². The molecule has 1 fully saturated rings. The van der Waals surface area contributed by atoms with Crippen LogP contribution >= 0.6 is 11.3 Å². The van der Waals surface area contributed by atoms with Gasteiger partial charge in [-0.2, -0.15) is 18.2 Å². The van der Waals surface area contributed by atoms with Gasteiger partial charge < -0.3 is 14.4 Å². The first kappa shape index (κ1) is 15.8. The highest BCUT2D eigenvalue weighted by Crippen LogP contribution is 2.36. The number of piperidine rings is 1. The van der Waals surface area contributed by atoms with Crippen LogP contribution in [0.25, 0.3) is 0 Å². The summed E-state index contributed by atoms with van der Waals surface area (Å²) in [6.07, 6.45) is -2.13. The molecule has 0 bridgehead atoms. The van der Waals surface area contributed by atoms with E-state index in [0.29, 0.717) is 30.9 Å². The molecular formula is C13H12F3N3O3S. The molecule has 2 aromatic rings. The molecule has 10 heteroatoms. The summed E-state index contributed by atoms with van der Waals surface area (Å²) < 4.78 is 42.9. The van der Waals surface area contributed by atoms with Gasteiger partial charge in [0.05, 0.1) is 5.01 Å². The predicted molar refractivity (Wildman–Crippen MR) is 74.8 cm³/mol. The molecular weight excluding hydrogens is 335 g/mol. The first-order valence-electron chi connectivity index (χ1n) is 6.81. The van der Waals surface area contributed by atoms with E-state index in [0.717, 1.165) is 23.0 Å². The average molecular weight is 347 g/mol. The van der Waals surface area contributed by atoms with Crippen molar-refractivity contribution in [1.82, 2.24) is 9.97 Å². The van der Waals surface area contributed by atoms with E-state index in [1.807, 2.05) is 0 Å². The number of anilines is 1. The molecule has 0 unspecified atom stereocenters. The summed E-state index contributed by atoms with van der Waals surface area (Å²) in [5.41, 5.74) is -1.02. The zero-order valence-corrected chi connectivity index (χ0v) is 12.5. The van der Waals surface area contributed by atoms with Crippen LogP contribution in [-0.2, 0) is 6.18 Å². The summed E-state index contributed by atoms with van der Waals surface area (Å²) >= 11 is 1.02. The highest BCUT2D eigenvalue weighted by Gasteiger charge is 2.35. The van der Waals surface area contributed by atoms with Crippen LogP contribution in [0.1, 0.15) is 39.9 Å². The molecule has 0 amide bonds. The van der Waals surface area contributed by atoms with Crippen LogP contribution in [-0.4, -0.2) is 34.1 Å². The highest BCUT2D eigenvalue weighted by atomic mass is 32.1. The van der Waals surface area contributed by atoms with Crippen molar-refractivity contribution in [3.8, 4) is 0 Å². The molecule has 1 saturated heterocycles. The van der Waals surface area contributed by atoms with Crippen LogP contribution in [0.4, 0.5) is 19.2 Å². The minimum absolute atomic E-state index is 0.0405. The minimum atomic E-state index is -4.42. The van der Waals surface area contributed by atoms with E-state index in [1.165, 1.54) is 0 Å². The smallest absolute Gasteiger partial charge is 0.434 e. The number of carbonyl (C=O) groups is 1. The molecule has 2 aromatic heterocycles. The van der Waals surface area contributed by atoms with Gasteiger partial charge in [-0.15, -0.1) is 11.3 Å². The predicted octanol–water partition coefficient (Wildman–Crippen LogP) is 3.23. The van der Waals surface area contributed by atoms with Gasteiger partial charge in [0, 0.05) is 24.4 Å². The van der Waals surface area contributed by atoms with E-state index in [1.54, 1.807) is 4.90 Å². The minimum Gasteiger partial charge on any atom is -0.476 e. The maximum absolute atomic E-state index is 12.6. The van der Waals surface area contributed by atoms with Crippen molar-refractivity contribution in [1.29, 1.82) is 0 Å². The number of hydrogen-bond acceptors (Lipinski definition) is 6. The third-order valence-electron chi connectivity index (χ3n) is 3.64. The number of alkyl halides is 3. The Morgan fingerprint density at radius 2 is 2.04 bits per heavy atom. The van der Waals surface area contributed by atoms with Crippen molar-refractivity contribution in [2.45, 2.75) is 24.9 Å². The quantitative estimate of drug-likeness (QED) is 0.918. The topological polar surface area (TPSA) is 79.5 Å². The van der Waals surface area contributed by atoms with Crippen molar-refractivity contribution in [2.75, 3.05) is 18.0 Å². The van der Waals surface area contributed by atoms with Gasteiger partial charge in [0.2, 0.25) is 0 Å². The fourth-order valence-corrected chi connectivity index (χ4v) is 3.43. The molecule has 23 heavy (non-hydrogen) atoms. The van der Waals surface area contributed by atoms with E-state index in [9.17, 15) is 18.0 Å². The zero-order chi connectivity index (χ0) is 16.6. The molecule has 0 aliphatic carbocycles. The lowest BCUT2D eigenvalue weighted by Crippen LogP contribution is -2.33. The fourth-order valence-electron chi connectivity index (χ4n) is 2.43. The van der Waals surface area contributed by atoms with E-state index in [4.69, 9.17) is 9.52 Å². The number of aromatic nitrogens is 2. The molecule has 6 nitrogen and oxygen atoms in total. The first-order valence-corrected chi connectivity index (χ1v) is 7.69. The standard InChI is InChI=1S/C13H12F3N3O3S/c14-13(15,16)9-6-23-10(18-9)7-1-3-19(4-2-7)12-17-8(5-22-12)11(20)21/h5-7H,1-4H2,(H,20,21). The molecule has 1 aliphatic rings. The maximum Gasteiger partial charge on any atom is 0.434 e.